The number of carboxylic acid groups (broad SMARTS) is 1. The molecule has 0 amide bonds. The first-order valence-corrected chi connectivity index (χ1v) is 4.97. The maximum Gasteiger partial charge on any atom is 0.334 e. The topological polar surface area (TPSA) is 83.5 Å². The molecule has 0 spiro atoms. The van der Waals surface area contributed by atoms with Gasteiger partial charge < -0.3 is 15.9 Å². The van der Waals surface area contributed by atoms with E-state index in [0.717, 1.165) is 12.8 Å². The number of nitrogens with two attached hydrogens (primary N) is 1. The standard InChI is InChI=1S/C10H19NO3/c1-9(2)3-5-10(11,6-4-9)7(12)8(13)14/h7,12H,3-6,11H2,1-2H3,(H,13,14). The molecule has 0 saturated heterocycles. The van der Waals surface area contributed by atoms with Crippen molar-refractivity contribution in [2.24, 2.45) is 11.1 Å². The third kappa shape index (κ3) is 2.25. The summed E-state index contributed by atoms with van der Waals surface area (Å²) < 4.78 is 0. The van der Waals surface area contributed by atoms with E-state index in [0.29, 0.717) is 12.8 Å². The molecule has 4 heteroatoms. The van der Waals surface area contributed by atoms with Gasteiger partial charge in [0.05, 0.1) is 5.54 Å². The minimum atomic E-state index is -1.43. The highest BCUT2D eigenvalue weighted by Gasteiger charge is 2.43. The summed E-state index contributed by atoms with van der Waals surface area (Å²) in [5.41, 5.74) is 5.19. The Morgan fingerprint density at radius 3 is 2.07 bits per heavy atom. The zero-order chi connectivity index (χ0) is 11.0. The van der Waals surface area contributed by atoms with E-state index in [-0.39, 0.29) is 5.41 Å². The number of hydrogen-bond donors (Lipinski definition) is 3. The van der Waals surface area contributed by atoms with Gasteiger partial charge in [-0.05, 0) is 31.1 Å². The Hall–Kier alpha value is -0.610. The lowest BCUT2D eigenvalue weighted by atomic mass is 9.68. The smallest absolute Gasteiger partial charge is 0.334 e. The summed E-state index contributed by atoms with van der Waals surface area (Å²) >= 11 is 0. The van der Waals surface area contributed by atoms with Gasteiger partial charge in [-0.1, -0.05) is 13.8 Å². The highest BCUT2D eigenvalue weighted by atomic mass is 16.4. The van der Waals surface area contributed by atoms with Gasteiger partial charge in [-0.15, -0.1) is 0 Å². The molecule has 0 aromatic rings. The Labute approximate surface area is 84.1 Å². The zero-order valence-corrected chi connectivity index (χ0v) is 8.79. The molecule has 1 aliphatic rings. The zero-order valence-electron chi connectivity index (χ0n) is 8.79. The van der Waals surface area contributed by atoms with Gasteiger partial charge in [0, 0.05) is 0 Å². The Morgan fingerprint density at radius 1 is 1.29 bits per heavy atom. The summed E-state index contributed by atoms with van der Waals surface area (Å²) in [7, 11) is 0. The molecule has 1 rings (SSSR count). The second-order valence-electron chi connectivity index (χ2n) is 5.14. The van der Waals surface area contributed by atoms with Crippen LogP contribution in [-0.4, -0.2) is 27.8 Å². The lowest BCUT2D eigenvalue weighted by Gasteiger charge is -2.42. The van der Waals surface area contributed by atoms with E-state index in [4.69, 9.17) is 10.8 Å². The van der Waals surface area contributed by atoms with Crippen molar-refractivity contribution >= 4 is 5.97 Å². The van der Waals surface area contributed by atoms with Crippen molar-refractivity contribution in [1.82, 2.24) is 0 Å². The van der Waals surface area contributed by atoms with Crippen LogP contribution in [-0.2, 0) is 4.79 Å². The van der Waals surface area contributed by atoms with E-state index in [1.807, 2.05) is 0 Å². The van der Waals surface area contributed by atoms with Crippen molar-refractivity contribution in [1.29, 1.82) is 0 Å². The maximum atomic E-state index is 10.6. The summed E-state index contributed by atoms with van der Waals surface area (Å²) in [5.74, 6) is -1.22. The molecule has 1 aliphatic carbocycles. The number of rotatable bonds is 2. The molecule has 1 saturated carbocycles. The average molecular weight is 201 g/mol. The summed E-state index contributed by atoms with van der Waals surface area (Å²) in [4.78, 5) is 10.6. The molecule has 1 atom stereocenters. The third-order valence-corrected chi connectivity index (χ3v) is 3.31. The molecule has 0 heterocycles. The van der Waals surface area contributed by atoms with Crippen LogP contribution in [0.1, 0.15) is 39.5 Å². The quantitative estimate of drug-likeness (QED) is 0.615. The Morgan fingerprint density at radius 2 is 1.71 bits per heavy atom. The van der Waals surface area contributed by atoms with Gasteiger partial charge in [0.2, 0.25) is 0 Å². The molecule has 0 aromatic carbocycles. The number of hydrogen-bond acceptors (Lipinski definition) is 3. The van der Waals surface area contributed by atoms with Gasteiger partial charge in [-0.2, -0.15) is 0 Å². The number of aliphatic hydroxyl groups is 1. The van der Waals surface area contributed by atoms with E-state index >= 15 is 0 Å². The van der Waals surface area contributed by atoms with Crippen LogP contribution in [0.15, 0.2) is 0 Å². The molecule has 0 aliphatic heterocycles. The van der Waals surface area contributed by atoms with Gasteiger partial charge >= 0.3 is 5.97 Å². The van der Waals surface area contributed by atoms with E-state index < -0.39 is 17.6 Å². The van der Waals surface area contributed by atoms with Crippen LogP contribution in [0, 0.1) is 5.41 Å². The minimum absolute atomic E-state index is 0.223. The van der Waals surface area contributed by atoms with Crippen molar-refractivity contribution in [2.75, 3.05) is 0 Å². The highest BCUT2D eigenvalue weighted by molar-refractivity contribution is 5.73. The fourth-order valence-electron chi connectivity index (χ4n) is 1.91. The first-order chi connectivity index (χ1) is 6.27. The van der Waals surface area contributed by atoms with Crippen LogP contribution >= 0.6 is 0 Å². The van der Waals surface area contributed by atoms with Crippen molar-refractivity contribution in [3.63, 3.8) is 0 Å². The lowest BCUT2D eigenvalue weighted by molar-refractivity contribution is -0.152. The molecule has 14 heavy (non-hydrogen) atoms. The summed E-state index contributed by atoms with van der Waals surface area (Å²) in [6, 6.07) is 0. The fourth-order valence-corrected chi connectivity index (χ4v) is 1.91. The predicted octanol–water partition coefficient (Wildman–Crippen LogP) is 0.730. The van der Waals surface area contributed by atoms with Crippen molar-refractivity contribution in [3.05, 3.63) is 0 Å². The Balaban J connectivity index is 2.66. The van der Waals surface area contributed by atoms with E-state index in [9.17, 15) is 9.90 Å². The maximum absolute atomic E-state index is 10.6. The highest BCUT2D eigenvalue weighted by Crippen LogP contribution is 2.40. The van der Waals surface area contributed by atoms with Gasteiger partial charge in [-0.3, -0.25) is 0 Å². The number of aliphatic hydroxyl groups excluding tert-OH is 1. The molecular formula is C10H19NO3. The average Bonchev–Trinajstić information content (AvgIpc) is 2.09. The molecule has 4 N–H and O–H groups in total. The normalized spacial score (nSPS) is 26.9. The molecule has 0 bridgehead atoms. The predicted molar refractivity (Wildman–Crippen MR) is 52.8 cm³/mol. The van der Waals surface area contributed by atoms with E-state index in [2.05, 4.69) is 13.8 Å². The van der Waals surface area contributed by atoms with Crippen LogP contribution < -0.4 is 5.73 Å². The number of aliphatic carboxylic acids is 1. The molecule has 0 aromatic heterocycles. The Kier molecular flexibility index (Phi) is 2.88. The van der Waals surface area contributed by atoms with Crippen LogP contribution in [0.3, 0.4) is 0 Å². The second-order valence-corrected chi connectivity index (χ2v) is 5.14. The van der Waals surface area contributed by atoms with E-state index in [1.54, 1.807) is 0 Å². The van der Waals surface area contributed by atoms with Crippen molar-refractivity contribution < 1.29 is 15.0 Å². The van der Waals surface area contributed by atoms with Gasteiger partial charge in [0.25, 0.3) is 0 Å². The Bertz CT molecular complexity index is 228. The fraction of sp³-hybridized carbons (Fsp3) is 0.900. The van der Waals surface area contributed by atoms with E-state index in [1.165, 1.54) is 0 Å². The first kappa shape index (κ1) is 11.5. The summed E-state index contributed by atoms with van der Waals surface area (Å²) in [6.45, 7) is 4.28. The monoisotopic (exact) mass is 201 g/mol. The summed E-state index contributed by atoms with van der Waals surface area (Å²) in [5, 5.41) is 18.2. The summed E-state index contributed by atoms with van der Waals surface area (Å²) in [6.07, 6.45) is 1.46. The van der Waals surface area contributed by atoms with Crippen LogP contribution in [0.25, 0.3) is 0 Å². The van der Waals surface area contributed by atoms with Crippen molar-refractivity contribution in [2.45, 2.75) is 51.2 Å². The van der Waals surface area contributed by atoms with Crippen LogP contribution in [0.4, 0.5) is 0 Å². The molecule has 1 unspecified atom stereocenters. The largest absolute Gasteiger partial charge is 0.479 e. The first-order valence-electron chi connectivity index (χ1n) is 4.97. The third-order valence-electron chi connectivity index (χ3n) is 3.31. The van der Waals surface area contributed by atoms with Crippen molar-refractivity contribution in [3.8, 4) is 0 Å². The second kappa shape index (κ2) is 3.51. The van der Waals surface area contributed by atoms with Gasteiger partial charge in [0.1, 0.15) is 0 Å². The molecule has 4 nitrogen and oxygen atoms in total. The minimum Gasteiger partial charge on any atom is -0.479 e. The number of carbonyl (C=O) groups is 1. The van der Waals surface area contributed by atoms with Gasteiger partial charge in [-0.25, -0.2) is 4.79 Å². The molecule has 82 valence electrons. The number of carboxylic acids is 1. The molecule has 0 radical (unpaired) electrons. The van der Waals surface area contributed by atoms with Crippen LogP contribution in [0.2, 0.25) is 0 Å². The molecular weight excluding hydrogens is 182 g/mol. The van der Waals surface area contributed by atoms with Gasteiger partial charge in [0.15, 0.2) is 6.10 Å². The van der Waals surface area contributed by atoms with Crippen LogP contribution in [0.5, 0.6) is 0 Å². The lowest BCUT2D eigenvalue weighted by Crippen LogP contribution is -2.57. The SMILES string of the molecule is CC1(C)CCC(N)(C(O)C(=O)O)CC1. The molecule has 1 fully saturated rings.